The Morgan fingerprint density at radius 1 is 1.35 bits per heavy atom. The van der Waals surface area contributed by atoms with Gasteiger partial charge in [0, 0.05) is 12.6 Å². The van der Waals surface area contributed by atoms with Gasteiger partial charge in [-0.15, -0.1) is 0 Å². The summed E-state index contributed by atoms with van der Waals surface area (Å²) >= 11 is 0. The lowest BCUT2D eigenvalue weighted by Crippen LogP contribution is -2.18. The van der Waals surface area contributed by atoms with Gasteiger partial charge >= 0.3 is 6.18 Å². The van der Waals surface area contributed by atoms with Crippen LogP contribution in [-0.4, -0.2) is 13.0 Å². The van der Waals surface area contributed by atoms with Crippen molar-refractivity contribution < 1.29 is 18.0 Å². The van der Waals surface area contributed by atoms with Crippen LogP contribution in [-0.2, 0) is 11.0 Å². The van der Waals surface area contributed by atoms with E-state index in [1.54, 1.807) is 6.92 Å². The molecule has 0 radical (unpaired) electrons. The summed E-state index contributed by atoms with van der Waals surface area (Å²) in [5.74, 6) is -0.317. The molecule has 0 bridgehead atoms. The molecule has 1 amide bonds. The Labute approximate surface area is 97.1 Å². The largest absolute Gasteiger partial charge is 0.416 e. The lowest BCUT2D eigenvalue weighted by Gasteiger charge is -2.07. The first-order chi connectivity index (χ1) is 7.84. The van der Waals surface area contributed by atoms with Gasteiger partial charge in [-0.2, -0.15) is 13.2 Å². The number of likely N-dealkylation sites (N-methyl/N-ethyl adjacent to an activating group) is 1. The first-order valence-corrected chi connectivity index (χ1v) is 4.92. The van der Waals surface area contributed by atoms with Gasteiger partial charge in [0.05, 0.1) is 5.56 Å². The predicted octanol–water partition coefficient (Wildman–Crippen LogP) is 2.85. The monoisotopic (exact) mass is 243 g/mol. The number of carbonyl (C=O) groups excluding carboxylic acids is 1. The maximum absolute atomic E-state index is 12.4. The van der Waals surface area contributed by atoms with E-state index in [1.807, 2.05) is 0 Å². The van der Waals surface area contributed by atoms with Crippen molar-refractivity contribution in [3.63, 3.8) is 0 Å². The Bertz CT molecular complexity index is 449. The summed E-state index contributed by atoms with van der Waals surface area (Å²) in [6, 6.07) is 4.83. The highest BCUT2D eigenvalue weighted by molar-refractivity contribution is 5.97. The van der Waals surface area contributed by atoms with E-state index in [0.717, 1.165) is 12.1 Å². The van der Waals surface area contributed by atoms with Crippen LogP contribution >= 0.6 is 0 Å². The second-order valence-electron chi connectivity index (χ2n) is 3.53. The molecule has 0 fully saturated rings. The minimum atomic E-state index is -4.37. The molecule has 0 atom stereocenters. The lowest BCUT2D eigenvalue weighted by molar-refractivity contribution is -0.137. The Morgan fingerprint density at radius 3 is 2.53 bits per heavy atom. The predicted molar refractivity (Wildman–Crippen MR) is 59.2 cm³/mol. The van der Waals surface area contributed by atoms with E-state index in [1.165, 1.54) is 25.3 Å². The summed E-state index contributed by atoms with van der Waals surface area (Å²) < 4.78 is 37.3. The van der Waals surface area contributed by atoms with Crippen LogP contribution in [0.5, 0.6) is 0 Å². The molecule has 17 heavy (non-hydrogen) atoms. The topological polar surface area (TPSA) is 29.1 Å². The molecule has 0 aliphatic rings. The highest BCUT2D eigenvalue weighted by Crippen LogP contribution is 2.29. The van der Waals surface area contributed by atoms with Gasteiger partial charge in [0.25, 0.3) is 0 Å². The van der Waals surface area contributed by atoms with Gasteiger partial charge in [-0.05, 0) is 30.7 Å². The fraction of sp³-hybridized carbons (Fsp3) is 0.250. The number of halogens is 3. The number of carbonyl (C=O) groups is 1. The summed E-state index contributed by atoms with van der Waals surface area (Å²) in [5, 5.41) is 2.40. The molecule has 0 spiro atoms. The van der Waals surface area contributed by atoms with Gasteiger partial charge in [-0.25, -0.2) is 0 Å². The number of benzene rings is 1. The Kier molecular flexibility index (Phi) is 3.93. The van der Waals surface area contributed by atoms with Crippen LogP contribution in [0.1, 0.15) is 18.1 Å². The van der Waals surface area contributed by atoms with E-state index >= 15 is 0 Å². The second kappa shape index (κ2) is 5.03. The Balaban J connectivity index is 3.05. The zero-order valence-electron chi connectivity index (χ0n) is 9.43. The van der Waals surface area contributed by atoms with E-state index in [2.05, 4.69) is 5.32 Å². The molecular formula is C12H12F3NO. The van der Waals surface area contributed by atoms with Gasteiger partial charge in [-0.1, -0.05) is 12.1 Å². The van der Waals surface area contributed by atoms with E-state index in [-0.39, 0.29) is 5.91 Å². The zero-order valence-corrected chi connectivity index (χ0v) is 9.43. The molecule has 1 rings (SSSR count). The van der Waals surface area contributed by atoms with E-state index in [4.69, 9.17) is 0 Å². The highest BCUT2D eigenvalue weighted by Gasteiger charge is 2.30. The fourth-order valence-electron chi connectivity index (χ4n) is 1.32. The molecule has 0 aliphatic carbocycles. The quantitative estimate of drug-likeness (QED) is 0.795. The minimum absolute atomic E-state index is 0.317. The Morgan fingerprint density at radius 2 is 2.00 bits per heavy atom. The van der Waals surface area contributed by atoms with Gasteiger partial charge in [0.15, 0.2) is 0 Å². The van der Waals surface area contributed by atoms with Gasteiger partial charge in [-0.3, -0.25) is 4.79 Å². The molecule has 92 valence electrons. The highest BCUT2D eigenvalue weighted by atomic mass is 19.4. The summed E-state index contributed by atoms with van der Waals surface area (Å²) in [6.45, 7) is 1.54. The Hall–Kier alpha value is -1.78. The van der Waals surface area contributed by atoms with E-state index in [9.17, 15) is 18.0 Å². The normalized spacial score (nSPS) is 12.4. The number of hydrogen-bond donors (Lipinski definition) is 1. The van der Waals surface area contributed by atoms with Crippen LogP contribution in [0, 0.1) is 0 Å². The van der Waals surface area contributed by atoms with Crippen molar-refractivity contribution in [2.24, 2.45) is 0 Å². The molecule has 0 saturated heterocycles. The SMILES string of the molecule is CNC(=O)/C(C)=C/c1cccc(C(F)(F)F)c1. The van der Waals surface area contributed by atoms with E-state index in [0.29, 0.717) is 11.1 Å². The summed E-state index contributed by atoms with van der Waals surface area (Å²) in [7, 11) is 1.46. The number of hydrogen-bond acceptors (Lipinski definition) is 1. The van der Waals surface area contributed by atoms with Gasteiger partial charge in [0.2, 0.25) is 5.91 Å². The first kappa shape index (κ1) is 13.3. The van der Waals surface area contributed by atoms with Crippen molar-refractivity contribution in [3.05, 3.63) is 41.0 Å². The van der Waals surface area contributed by atoms with Gasteiger partial charge in [0.1, 0.15) is 0 Å². The van der Waals surface area contributed by atoms with Crippen molar-refractivity contribution in [2.45, 2.75) is 13.1 Å². The summed E-state index contributed by atoms with van der Waals surface area (Å²) in [5.41, 5.74) is -0.0243. The summed E-state index contributed by atoms with van der Waals surface area (Å²) in [4.78, 5) is 11.2. The average Bonchev–Trinajstić information content (AvgIpc) is 2.27. The van der Waals surface area contributed by atoms with Crippen LogP contribution in [0.4, 0.5) is 13.2 Å². The number of rotatable bonds is 2. The first-order valence-electron chi connectivity index (χ1n) is 4.92. The fourth-order valence-corrected chi connectivity index (χ4v) is 1.32. The molecule has 1 aromatic carbocycles. The molecule has 1 N–H and O–H groups in total. The molecule has 0 heterocycles. The average molecular weight is 243 g/mol. The van der Waals surface area contributed by atoms with Crippen LogP contribution in [0.15, 0.2) is 29.8 Å². The van der Waals surface area contributed by atoms with Crippen LogP contribution in [0.3, 0.4) is 0 Å². The van der Waals surface area contributed by atoms with Crippen LogP contribution in [0.2, 0.25) is 0 Å². The minimum Gasteiger partial charge on any atom is -0.355 e. The number of amides is 1. The maximum Gasteiger partial charge on any atom is 0.416 e. The molecule has 5 heteroatoms. The number of alkyl halides is 3. The molecule has 0 saturated carbocycles. The number of nitrogens with one attached hydrogen (secondary N) is 1. The van der Waals surface area contributed by atoms with Crippen molar-refractivity contribution in [1.82, 2.24) is 5.32 Å². The maximum atomic E-state index is 12.4. The second-order valence-corrected chi connectivity index (χ2v) is 3.53. The third-order valence-electron chi connectivity index (χ3n) is 2.18. The standard InChI is InChI=1S/C12H12F3NO/c1-8(11(17)16-2)6-9-4-3-5-10(7-9)12(13,14)15/h3-7H,1-2H3,(H,16,17)/b8-6+. The summed E-state index contributed by atoms with van der Waals surface area (Å²) in [6.07, 6.45) is -2.96. The van der Waals surface area contributed by atoms with Crippen molar-refractivity contribution in [3.8, 4) is 0 Å². The molecule has 0 aromatic heterocycles. The smallest absolute Gasteiger partial charge is 0.355 e. The third-order valence-corrected chi connectivity index (χ3v) is 2.18. The van der Waals surface area contributed by atoms with Crippen LogP contribution < -0.4 is 5.32 Å². The van der Waals surface area contributed by atoms with Crippen molar-refractivity contribution in [2.75, 3.05) is 7.05 Å². The third kappa shape index (κ3) is 3.62. The molecule has 1 aromatic rings. The van der Waals surface area contributed by atoms with Crippen LogP contribution in [0.25, 0.3) is 6.08 Å². The lowest BCUT2D eigenvalue weighted by atomic mass is 10.1. The molecule has 0 unspecified atom stereocenters. The van der Waals surface area contributed by atoms with Crippen molar-refractivity contribution >= 4 is 12.0 Å². The molecular weight excluding hydrogens is 231 g/mol. The molecule has 2 nitrogen and oxygen atoms in total. The van der Waals surface area contributed by atoms with Crippen molar-refractivity contribution in [1.29, 1.82) is 0 Å². The van der Waals surface area contributed by atoms with E-state index < -0.39 is 11.7 Å². The molecule has 0 aliphatic heterocycles. The zero-order chi connectivity index (χ0) is 13.1. The van der Waals surface area contributed by atoms with Gasteiger partial charge < -0.3 is 5.32 Å².